The summed E-state index contributed by atoms with van der Waals surface area (Å²) in [5.41, 5.74) is 5.63. The maximum atomic E-state index is 12.9. The Labute approximate surface area is 87.5 Å². The van der Waals surface area contributed by atoms with Crippen LogP contribution < -0.4 is 5.73 Å². The molecular formula is C10H13ClFNO. The van der Waals surface area contributed by atoms with Gasteiger partial charge in [0, 0.05) is 17.2 Å². The molecule has 0 radical (unpaired) electrons. The molecular weight excluding hydrogens is 205 g/mol. The summed E-state index contributed by atoms with van der Waals surface area (Å²) in [5, 5.41) is 9.23. The predicted molar refractivity (Wildman–Crippen MR) is 54.7 cm³/mol. The molecule has 0 unspecified atom stereocenters. The van der Waals surface area contributed by atoms with Crippen molar-refractivity contribution in [3.8, 4) is 0 Å². The fourth-order valence-electron chi connectivity index (χ4n) is 1.30. The van der Waals surface area contributed by atoms with E-state index in [0.717, 1.165) is 0 Å². The Morgan fingerprint density at radius 2 is 2.21 bits per heavy atom. The Morgan fingerprint density at radius 3 is 2.79 bits per heavy atom. The zero-order valence-electron chi connectivity index (χ0n) is 7.93. The normalized spacial score (nSPS) is 15.2. The molecule has 14 heavy (non-hydrogen) atoms. The summed E-state index contributed by atoms with van der Waals surface area (Å²) in [7, 11) is 0. The van der Waals surface area contributed by atoms with Crippen LogP contribution in [0.4, 0.5) is 4.39 Å². The number of nitrogens with two attached hydrogens (primary N) is 1. The first kappa shape index (κ1) is 11.4. The van der Waals surface area contributed by atoms with Gasteiger partial charge in [0.05, 0.1) is 0 Å². The first-order valence-corrected chi connectivity index (χ1v) is 4.70. The number of hydrogen-bond donors (Lipinski definition) is 2. The van der Waals surface area contributed by atoms with E-state index in [4.69, 9.17) is 22.4 Å². The molecule has 0 spiro atoms. The Morgan fingerprint density at radius 1 is 1.57 bits per heavy atom. The average Bonchev–Trinajstić information content (AvgIpc) is 2.09. The van der Waals surface area contributed by atoms with Crippen molar-refractivity contribution < 1.29 is 9.50 Å². The third kappa shape index (κ3) is 2.44. The lowest BCUT2D eigenvalue weighted by molar-refractivity contribution is 0.247. The molecule has 0 saturated heterocycles. The highest BCUT2D eigenvalue weighted by molar-refractivity contribution is 6.31. The summed E-state index contributed by atoms with van der Waals surface area (Å²) >= 11 is 5.89. The van der Waals surface area contributed by atoms with Crippen LogP contribution in [0.25, 0.3) is 0 Å². The van der Waals surface area contributed by atoms with Crippen LogP contribution in [0.1, 0.15) is 18.9 Å². The molecule has 2 nitrogen and oxygen atoms in total. The molecule has 1 aromatic rings. The van der Waals surface area contributed by atoms with E-state index in [1.165, 1.54) is 18.2 Å². The highest BCUT2D eigenvalue weighted by Gasteiger charge is 2.23. The van der Waals surface area contributed by atoms with E-state index in [1.807, 2.05) is 0 Å². The van der Waals surface area contributed by atoms with Crippen molar-refractivity contribution in [3.63, 3.8) is 0 Å². The predicted octanol–water partition coefficient (Wildman–Crippen LogP) is 2.04. The van der Waals surface area contributed by atoms with Crippen molar-refractivity contribution in [1.82, 2.24) is 0 Å². The third-order valence-corrected chi connectivity index (χ3v) is 2.50. The highest BCUT2D eigenvalue weighted by Crippen LogP contribution is 2.28. The van der Waals surface area contributed by atoms with Crippen molar-refractivity contribution in [2.24, 2.45) is 5.73 Å². The summed E-state index contributed by atoms with van der Waals surface area (Å²) in [4.78, 5) is 0. The fourth-order valence-corrected chi connectivity index (χ4v) is 1.64. The SMILES string of the molecule is C[C@@](N)(CCO)c1cc(F)ccc1Cl. The van der Waals surface area contributed by atoms with Gasteiger partial charge in [-0.25, -0.2) is 4.39 Å². The van der Waals surface area contributed by atoms with Crippen LogP contribution in [-0.2, 0) is 5.54 Å². The standard InChI is InChI=1S/C10H13ClFNO/c1-10(13,4-5-14)8-6-7(12)2-3-9(8)11/h2-3,6,14H,4-5,13H2,1H3/t10-/m1/s1. The van der Waals surface area contributed by atoms with Gasteiger partial charge in [0.1, 0.15) is 5.82 Å². The minimum atomic E-state index is -0.798. The van der Waals surface area contributed by atoms with Gasteiger partial charge in [0.2, 0.25) is 0 Å². The monoisotopic (exact) mass is 217 g/mol. The van der Waals surface area contributed by atoms with E-state index in [1.54, 1.807) is 6.92 Å². The van der Waals surface area contributed by atoms with E-state index in [2.05, 4.69) is 0 Å². The Bertz CT molecular complexity index is 328. The van der Waals surface area contributed by atoms with E-state index in [0.29, 0.717) is 17.0 Å². The molecule has 0 saturated carbocycles. The maximum absolute atomic E-state index is 12.9. The van der Waals surface area contributed by atoms with Crippen LogP contribution in [0.3, 0.4) is 0 Å². The van der Waals surface area contributed by atoms with Crippen LogP contribution in [0.5, 0.6) is 0 Å². The molecule has 1 rings (SSSR count). The van der Waals surface area contributed by atoms with E-state index >= 15 is 0 Å². The molecule has 78 valence electrons. The number of benzene rings is 1. The van der Waals surface area contributed by atoms with Crippen molar-refractivity contribution in [3.05, 3.63) is 34.6 Å². The molecule has 0 aliphatic carbocycles. The first-order chi connectivity index (χ1) is 6.47. The van der Waals surface area contributed by atoms with Gasteiger partial charge < -0.3 is 10.8 Å². The molecule has 1 atom stereocenters. The molecule has 0 aliphatic heterocycles. The van der Waals surface area contributed by atoms with Crippen LogP contribution in [0.2, 0.25) is 5.02 Å². The number of rotatable bonds is 3. The zero-order chi connectivity index (χ0) is 10.8. The van der Waals surface area contributed by atoms with Gasteiger partial charge in [-0.2, -0.15) is 0 Å². The molecule has 4 heteroatoms. The van der Waals surface area contributed by atoms with Gasteiger partial charge in [-0.3, -0.25) is 0 Å². The molecule has 0 bridgehead atoms. The zero-order valence-corrected chi connectivity index (χ0v) is 8.68. The highest BCUT2D eigenvalue weighted by atomic mass is 35.5. The molecule has 3 N–H and O–H groups in total. The van der Waals surface area contributed by atoms with Gasteiger partial charge in [-0.1, -0.05) is 11.6 Å². The number of aliphatic hydroxyl groups excluding tert-OH is 1. The molecule has 0 fully saturated rings. The van der Waals surface area contributed by atoms with Gasteiger partial charge in [0.15, 0.2) is 0 Å². The molecule has 0 aromatic heterocycles. The third-order valence-electron chi connectivity index (χ3n) is 2.17. The maximum Gasteiger partial charge on any atom is 0.123 e. The summed E-state index contributed by atoms with van der Waals surface area (Å²) in [6.07, 6.45) is 0.343. The summed E-state index contributed by atoms with van der Waals surface area (Å²) in [6, 6.07) is 4.05. The number of halogens is 2. The fraction of sp³-hybridized carbons (Fsp3) is 0.400. The number of aliphatic hydroxyl groups is 1. The smallest absolute Gasteiger partial charge is 0.123 e. The van der Waals surface area contributed by atoms with E-state index in [9.17, 15) is 4.39 Å². The molecule has 0 aliphatic rings. The Balaban J connectivity index is 3.10. The molecule has 1 aromatic carbocycles. The summed E-state index contributed by atoms with van der Waals surface area (Å²) in [6.45, 7) is 1.66. The second-order valence-electron chi connectivity index (χ2n) is 3.52. The topological polar surface area (TPSA) is 46.2 Å². The van der Waals surface area contributed by atoms with Crippen molar-refractivity contribution >= 4 is 11.6 Å². The Kier molecular flexibility index (Phi) is 3.48. The van der Waals surface area contributed by atoms with E-state index < -0.39 is 5.54 Å². The quantitative estimate of drug-likeness (QED) is 0.814. The minimum Gasteiger partial charge on any atom is -0.396 e. The first-order valence-electron chi connectivity index (χ1n) is 4.32. The van der Waals surface area contributed by atoms with Gasteiger partial charge in [-0.05, 0) is 37.1 Å². The van der Waals surface area contributed by atoms with Crippen LogP contribution in [0, 0.1) is 5.82 Å². The largest absolute Gasteiger partial charge is 0.396 e. The second kappa shape index (κ2) is 4.26. The van der Waals surface area contributed by atoms with Gasteiger partial charge in [0.25, 0.3) is 0 Å². The van der Waals surface area contributed by atoms with Crippen LogP contribution in [0.15, 0.2) is 18.2 Å². The van der Waals surface area contributed by atoms with Crippen LogP contribution >= 0.6 is 11.6 Å². The number of hydrogen-bond acceptors (Lipinski definition) is 2. The average molecular weight is 218 g/mol. The molecule has 0 amide bonds. The second-order valence-corrected chi connectivity index (χ2v) is 3.92. The van der Waals surface area contributed by atoms with Crippen LogP contribution in [-0.4, -0.2) is 11.7 Å². The van der Waals surface area contributed by atoms with Crippen molar-refractivity contribution in [2.45, 2.75) is 18.9 Å². The lowest BCUT2D eigenvalue weighted by Crippen LogP contribution is -2.34. The lowest BCUT2D eigenvalue weighted by Gasteiger charge is -2.25. The Hall–Kier alpha value is -0.640. The van der Waals surface area contributed by atoms with E-state index in [-0.39, 0.29) is 12.4 Å². The van der Waals surface area contributed by atoms with Crippen molar-refractivity contribution in [1.29, 1.82) is 0 Å². The van der Waals surface area contributed by atoms with Gasteiger partial charge >= 0.3 is 0 Å². The molecule has 0 heterocycles. The lowest BCUT2D eigenvalue weighted by atomic mass is 9.90. The summed E-state index contributed by atoms with van der Waals surface area (Å²) < 4.78 is 12.9. The van der Waals surface area contributed by atoms with Gasteiger partial charge in [-0.15, -0.1) is 0 Å². The summed E-state index contributed by atoms with van der Waals surface area (Å²) in [5.74, 6) is -0.376. The minimum absolute atomic E-state index is 0.0557. The van der Waals surface area contributed by atoms with Crippen molar-refractivity contribution in [2.75, 3.05) is 6.61 Å².